The SMILES string of the molecule is CC(C)CCOCCNC(=O)Nc1ccccc1OCCC(N)=O. The van der Waals surface area contributed by atoms with Gasteiger partial charge in [-0.25, -0.2) is 4.79 Å². The molecule has 3 amide bonds. The number of ether oxygens (including phenoxy) is 2. The second-order valence-corrected chi connectivity index (χ2v) is 5.74. The lowest BCUT2D eigenvalue weighted by Crippen LogP contribution is -2.31. The molecule has 4 N–H and O–H groups in total. The molecule has 0 fully saturated rings. The van der Waals surface area contributed by atoms with E-state index in [0.29, 0.717) is 37.1 Å². The molecule has 0 atom stereocenters. The van der Waals surface area contributed by atoms with Gasteiger partial charge in [0.2, 0.25) is 5.91 Å². The maximum Gasteiger partial charge on any atom is 0.319 e. The van der Waals surface area contributed by atoms with E-state index in [9.17, 15) is 9.59 Å². The number of hydrogen-bond acceptors (Lipinski definition) is 4. The number of hydrogen-bond donors (Lipinski definition) is 3. The topological polar surface area (TPSA) is 103 Å². The molecule has 0 saturated carbocycles. The van der Waals surface area contributed by atoms with E-state index < -0.39 is 5.91 Å². The van der Waals surface area contributed by atoms with Crippen LogP contribution in [0.5, 0.6) is 5.75 Å². The Balaban J connectivity index is 2.31. The molecule has 0 aliphatic carbocycles. The summed E-state index contributed by atoms with van der Waals surface area (Å²) in [5.74, 6) is 0.657. The van der Waals surface area contributed by atoms with E-state index in [0.717, 1.165) is 6.42 Å². The minimum absolute atomic E-state index is 0.119. The lowest BCUT2D eigenvalue weighted by atomic mass is 10.1. The predicted octanol–water partition coefficient (Wildman–Crippen LogP) is 2.12. The monoisotopic (exact) mass is 337 g/mol. The summed E-state index contributed by atoms with van der Waals surface area (Å²) in [6, 6.07) is 6.66. The molecular formula is C17H27N3O4. The normalized spacial score (nSPS) is 10.5. The first kappa shape index (κ1) is 19.8. The first-order valence-electron chi connectivity index (χ1n) is 8.11. The Bertz CT molecular complexity index is 520. The molecule has 0 radical (unpaired) electrons. The van der Waals surface area contributed by atoms with Gasteiger partial charge in [0.15, 0.2) is 0 Å². The van der Waals surface area contributed by atoms with Gasteiger partial charge in [0.1, 0.15) is 5.75 Å². The molecule has 0 aliphatic rings. The molecule has 0 unspecified atom stereocenters. The van der Waals surface area contributed by atoms with E-state index in [-0.39, 0.29) is 19.1 Å². The molecule has 1 rings (SSSR count). The van der Waals surface area contributed by atoms with E-state index in [1.807, 2.05) is 0 Å². The quantitative estimate of drug-likeness (QED) is 0.538. The number of carbonyl (C=O) groups is 2. The number of nitrogens with two attached hydrogens (primary N) is 1. The number of anilines is 1. The lowest BCUT2D eigenvalue weighted by molar-refractivity contribution is -0.118. The summed E-state index contributed by atoms with van der Waals surface area (Å²) in [4.78, 5) is 22.6. The van der Waals surface area contributed by atoms with Gasteiger partial charge in [-0.05, 0) is 24.5 Å². The predicted molar refractivity (Wildman–Crippen MR) is 93.0 cm³/mol. The van der Waals surface area contributed by atoms with Crippen LogP contribution in [-0.4, -0.2) is 38.3 Å². The molecule has 0 heterocycles. The Morgan fingerprint density at radius 2 is 1.92 bits per heavy atom. The van der Waals surface area contributed by atoms with Crippen molar-refractivity contribution >= 4 is 17.6 Å². The summed E-state index contributed by atoms with van der Waals surface area (Å²) in [5, 5.41) is 5.43. The Hall–Kier alpha value is -2.28. The molecule has 134 valence electrons. The van der Waals surface area contributed by atoms with Gasteiger partial charge in [0.05, 0.1) is 25.3 Å². The van der Waals surface area contributed by atoms with E-state index in [4.69, 9.17) is 15.2 Å². The van der Waals surface area contributed by atoms with Crippen molar-refractivity contribution in [3.8, 4) is 5.75 Å². The van der Waals surface area contributed by atoms with Crippen LogP contribution in [0.3, 0.4) is 0 Å². The van der Waals surface area contributed by atoms with Gasteiger partial charge in [0.25, 0.3) is 0 Å². The van der Waals surface area contributed by atoms with Crippen LogP contribution in [0.4, 0.5) is 10.5 Å². The van der Waals surface area contributed by atoms with Crippen LogP contribution in [0.1, 0.15) is 26.7 Å². The molecular weight excluding hydrogens is 310 g/mol. The van der Waals surface area contributed by atoms with Gasteiger partial charge in [-0.1, -0.05) is 26.0 Å². The third-order valence-electron chi connectivity index (χ3n) is 3.11. The third-order valence-corrected chi connectivity index (χ3v) is 3.11. The number of benzene rings is 1. The fourth-order valence-electron chi connectivity index (χ4n) is 1.78. The van der Waals surface area contributed by atoms with Gasteiger partial charge < -0.3 is 25.8 Å². The lowest BCUT2D eigenvalue weighted by Gasteiger charge is -2.13. The largest absolute Gasteiger partial charge is 0.491 e. The molecule has 0 aliphatic heterocycles. The van der Waals surface area contributed by atoms with Crippen LogP contribution >= 0.6 is 0 Å². The molecule has 0 aromatic heterocycles. The minimum atomic E-state index is -0.435. The van der Waals surface area contributed by atoms with Crippen LogP contribution in [0.25, 0.3) is 0 Å². The molecule has 24 heavy (non-hydrogen) atoms. The van der Waals surface area contributed by atoms with Crippen LogP contribution in [0.15, 0.2) is 24.3 Å². The van der Waals surface area contributed by atoms with Crippen molar-refractivity contribution in [3.05, 3.63) is 24.3 Å². The molecule has 7 nitrogen and oxygen atoms in total. The average Bonchev–Trinajstić information content (AvgIpc) is 2.52. The Labute approximate surface area is 142 Å². The van der Waals surface area contributed by atoms with Crippen LogP contribution in [0, 0.1) is 5.92 Å². The summed E-state index contributed by atoms with van der Waals surface area (Å²) in [6.07, 6.45) is 1.12. The van der Waals surface area contributed by atoms with Gasteiger partial charge in [-0.15, -0.1) is 0 Å². The molecule has 7 heteroatoms. The molecule has 1 aromatic rings. The molecule has 0 spiro atoms. The van der Waals surface area contributed by atoms with Crippen molar-refractivity contribution < 1.29 is 19.1 Å². The summed E-state index contributed by atoms with van der Waals surface area (Å²) in [5.41, 5.74) is 5.60. The smallest absolute Gasteiger partial charge is 0.319 e. The highest BCUT2D eigenvalue weighted by atomic mass is 16.5. The molecule has 0 saturated heterocycles. The molecule has 1 aromatic carbocycles. The van der Waals surface area contributed by atoms with E-state index in [1.165, 1.54) is 0 Å². The van der Waals surface area contributed by atoms with Gasteiger partial charge in [0, 0.05) is 13.2 Å². The number of nitrogens with one attached hydrogen (secondary N) is 2. The fourth-order valence-corrected chi connectivity index (χ4v) is 1.78. The highest BCUT2D eigenvalue weighted by Crippen LogP contribution is 2.23. The standard InChI is InChI=1S/C17H27N3O4/c1-13(2)7-10-23-12-9-19-17(22)20-14-5-3-4-6-15(14)24-11-8-16(18)21/h3-6,13H,7-12H2,1-2H3,(H2,18,21)(H2,19,20,22). The van der Waals surface area contributed by atoms with Crippen LogP contribution < -0.4 is 21.1 Å². The van der Waals surface area contributed by atoms with Gasteiger partial charge in [-0.3, -0.25) is 4.79 Å². The number of urea groups is 1. The van der Waals surface area contributed by atoms with Gasteiger partial charge in [-0.2, -0.15) is 0 Å². The van der Waals surface area contributed by atoms with Crippen molar-refractivity contribution in [3.63, 3.8) is 0 Å². The van der Waals surface area contributed by atoms with Crippen LogP contribution in [-0.2, 0) is 9.53 Å². The number of para-hydroxylation sites is 2. The summed E-state index contributed by atoms with van der Waals surface area (Å²) in [7, 11) is 0. The van der Waals surface area contributed by atoms with E-state index in [2.05, 4.69) is 24.5 Å². The highest BCUT2D eigenvalue weighted by molar-refractivity contribution is 5.90. The maximum absolute atomic E-state index is 11.9. The number of amides is 3. The first-order chi connectivity index (χ1) is 11.5. The average molecular weight is 337 g/mol. The Kier molecular flexibility index (Phi) is 9.29. The summed E-state index contributed by atoms with van der Waals surface area (Å²) >= 11 is 0. The number of primary amides is 1. The molecule has 0 bridgehead atoms. The third kappa shape index (κ3) is 8.99. The fraction of sp³-hybridized carbons (Fsp3) is 0.529. The summed E-state index contributed by atoms with van der Waals surface area (Å²) < 4.78 is 10.9. The number of rotatable bonds is 11. The van der Waals surface area contributed by atoms with Crippen molar-refractivity contribution in [2.75, 3.05) is 31.7 Å². The Morgan fingerprint density at radius 1 is 1.17 bits per heavy atom. The van der Waals surface area contributed by atoms with Crippen molar-refractivity contribution in [1.82, 2.24) is 5.32 Å². The second-order valence-electron chi connectivity index (χ2n) is 5.74. The van der Waals surface area contributed by atoms with Crippen LogP contribution in [0.2, 0.25) is 0 Å². The van der Waals surface area contributed by atoms with Crippen molar-refractivity contribution in [2.45, 2.75) is 26.7 Å². The highest BCUT2D eigenvalue weighted by Gasteiger charge is 2.07. The van der Waals surface area contributed by atoms with Crippen molar-refractivity contribution in [1.29, 1.82) is 0 Å². The second kappa shape index (κ2) is 11.3. The van der Waals surface area contributed by atoms with Gasteiger partial charge >= 0.3 is 6.03 Å². The minimum Gasteiger partial charge on any atom is -0.491 e. The zero-order valence-electron chi connectivity index (χ0n) is 14.3. The summed E-state index contributed by atoms with van der Waals surface area (Å²) in [6.45, 7) is 6.03. The van der Waals surface area contributed by atoms with Crippen molar-refractivity contribution in [2.24, 2.45) is 11.7 Å². The zero-order valence-corrected chi connectivity index (χ0v) is 14.3. The van der Waals surface area contributed by atoms with E-state index in [1.54, 1.807) is 24.3 Å². The zero-order chi connectivity index (χ0) is 17.8. The first-order valence-corrected chi connectivity index (χ1v) is 8.11. The maximum atomic E-state index is 11.9. The Morgan fingerprint density at radius 3 is 2.62 bits per heavy atom. The number of carbonyl (C=O) groups excluding carboxylic acids is 2. The van der Waals surface area contributed by atoms with E-state index >= 15 is 0 Å².